The molecule has 1 heterocycles. The van der Waals surface area contributed by atoms with Gasteiger partial charge in [-0.05, 0) is 13.1 Å². The normalized spacial score (nSPS) is 10.9. The molecule has 0 saturated carbocycles. The first-order chi connectivity index (χ1) is 7.58. The van der Waals surface area contributed by atoms with Crippen LogP contribution in [0, 0.1) is 0 Å². The number of aromatic carboxylic acids is 1. The summed E-state index contributed by atoms with van der Waals surface area (Å²) >= 11 is 0. The maximum Gasteiger partial charge on any atom is 0.358 e. The molecule has 6 heteroatoms. The molecule has 16 heavy (non-hydrogen) atoms. The van der Waals surface area contributed by atoms with Gasteiger partial charge in [-0.15, -0.1) is 0 Å². The van der Waals surface area contributed by atoms with Gasteiger partial charge in [0, 0.05) is 12.7 Å². The molecule has 0 atom stereocenters. The summed E-state index contributed by atoms with van der Waals surface area (Å²) in [5, 5.41) is 12.7. The predicted molar refractivity (Wildman–Crippen MR) is 61.4 cm³/mol. The molecule has 0 fully saturated rings. The highest BCUT2D eigenvalue weighted by Crippen LogP contribution is 2.08. The number of rotatable bonds is 6. The molecule has 0 aliphatic rings. The highest BCUT2D eigenvalue weighted by molar-refractivity contribution is 5.91. The fraction of sp³-hybridized carbons (Fsp3) is 0.600. The lowest BCUT2D eigenvalue weighted by Gasteiger charge is -2.17. The molecule has 0 aromatic carbocycles. The van der Waals surface area contributed by atoms with Crippen molar-refractivity contribution in [3.05, 3.63) is 11.9 Å². The summed E-state index contributed by atoms with van der Waals surface area (Å²) in [7, 11) is 0. The van der Waals surface area contributed by atoms with Gasteiger partial charge < -0.3 is 15.7 Å². The van der Waals surface area contributed by atoms with Crippen LogP contribution in [-0.2, 0) is 6.54 Å². The van der Waals surface area contributed by atoms with Crippen LogP contribution in [0.3, 0.4) is 0 Å². The van der Waals surface area contributed by atoms with Gasteiger partial charge in [0.2, 0.25) is 0 Å². The molecule has 90 valence electrons. The van der Waals surface area contributed by atoms with Crippen LogP contribution in [0.15, 0.2) is 6.20 Å². The number of carboxylic acid groups (broad SMARTS) is 1. The molecule has 6 nitrogen and oxygen atoms in total. The van der Waals surface area contributed by atoms with Crippen molar-refractivity contribution in [2.75, 3.05) is 25.4 Å². The largest absolute Gasteiger partial charge is 0.476 e. The maximum atomic E-state index is 10.7. The number of aromatic nitrogens is 2. The molecule has 0 spiro atoms. The Kier molecular flexibility index (Phi) is 4.30. The Hall–Kier alpha value is -1.56. The molecule has 1 aromatic heterocycles. The minimum absolute atomic E-state index is 0.0699. The van der Waals surface area contributed by atoms with E-state index in [1.807, 2.05) is 0 Å². The zero-order chi connectivity index (χ0) is 12.1. The number of carbonyl (C=O) groups is 1. The van der Waals surface area contributed by atoms with Crippen molar-refractivity contribution in [2.24, 2.45) is 0 Å². The van der Waals surface area contributed by atoms with E-state index < -0.39 is 5.97 Å². The van der Waals surface area contributed by atoms with Crippen LogP contribution in [0.4, 0.5) is 5.69 Å². The summed E-state index contributed by atoms with van der Waals surface area (Å²) in [5.74, 6) is -1.08. The molecule has 0 unspecified atom stereocenters. The number of hydrogen-bond acceptors (Lipinski definition) is 4. The molecule has 1 aromatic rings. The van der Waals surface area contributed by atoms with Gasteiger partial charge in [0.05, 0.1) is 12.2 Å². The summed E-state index contributed by atoms with van der Waals surface area (Å²) in [6.45, 7) is 7.61. The Bertz CT molecular complexity index is 358. The summed E-state index contributed by atoms with van der Waals surface area (Å²) in [6.07, 6.45) is 1.56. The van der Waals surface area contributed by atoms with E-state index in [2.05, 4.69) is 23.8 Å². The monoisotopic (exact) mass is 226 g/mol. The molecule has 0 aliphatic heterocycles. The third-order valence-electron chi connectivity index (χ3n) is 2.53. The van der Waals surface area contributed by atoms with E-state index in [1.54, 1.807) is 10.9 Å². The van der Waals surface area contributed by atoms with Crippen molar-refractivity contribution >= 4 is 11.7 Å². The quantitative estimate of drug-likeness (QED) is 0.738. The first-order valence-electron chi connectivity index (χ1n) is 5.37. The number of hydrogen-bond donors (Lipinski definition) is 2. The minimum Gasteiger partial charge on any atom is -0.476 e. The first kappa shape index (κ1) is 12.5. The number of nitrogens with two attached hydrogens (primary N) is 1. The van der Waals surface area contributed by atoms with Crippen molar-refractivity contribution < 1.29 is 9.90 Å². The van der Waals surface area contributed by atoms with Crippen LogP contribution in [0.1, 0.15) is 24.3 Å². The van der Waals surface area contributed by atoms with E-state index in [-0.39, 0.29) is 11.4 Å². The zero-order valence-electron chi connectivity index (χ0n) is 9.68. The SMILES string of the molecule is CCN(CC)CCn1cc(N)c(C(=O)O)n1. The second-order valence-electron chi connectivity index (χ2n) is 3.53. The lowest BCUT2D eigenvalue weighted by molar-refractivity contribution is 0.0690. The Morgan fingerprint density at radius 3 is 2.62 bits per heavy atom. The van der Waals surface area contributed by atoms with Crippen LogP contribution in [-0.4, -0.2) is 45.4 Å². The average Bonchev–Trinajstić information content (AvgIpc) is 2.61. The molecule has 0 aliphatic carbocycles. The molecule has 0 radical (unpaired) electrons. The lowest BCUT2D eigenvalue weighted by Crippen LogP contribution is -2.27. The van der Waals surface area contributed by atoms with Gasteiger partial charge in [-0.25, -0.2) is 4.79 Å². The van der Waals surface area contributed by atoms with E-state index in [4.69, 9.17) is 10.8 Å². The highest BCUT2D eigenvalue weighted by Gasteiger charge is 2.13. The van der Waals surface area contributed by atoms with E-state index in [1.165, 1.54) is 0 Å². The smallest absolute Gasteiger partial charge is 0.358 e. The third kappa shape index (κ3) is 2.96. The van der Waals surface area contributed by atoms with Crippen molar-refractivity contribution in [1.82, 2.24) is 14.7 Å². The van der Waals surface area contributed by atoms with Crippen LogP contribution < -0.4 is 5.73 Å². The molecule has 3 N–H and O–H groups in total. The molecular weight excluding hydrogens is 208 g/mol. The molecular formula is C10H18N4O2. The van der Waals surface area contributed by atoms with Crippen molar-refractivity contribution in [2.45, 2.75) is 20.4 Å². The number of likely N-dealkylation sites (N-methyl/N-ethyl adjacent to an activating group) is 1. The van der Waals surface area contributed by atoms with Gasteiger partial charge in [0.15, 0.2) is 5.69 Å². The first-order valence-corrected chi connectivity index (χ1v) is 5.37. The molecule has 0 bridgehead atoms. The van der Waals surface area contributed by atoms with E-state index in [0.717, 1.165) is 19.6 Å². The summed E-state index contributed by atoms with van der Waals surface area (Å²) in [5.41, 5.74) is 5.68. The fourth-order valence-corrected chi connectivity index (χ4v) is 1.50. The molecule has 0 saturated heterocycles. The Morgan fingerprint density at radius 1 is 1.56 bits per heavy atom. The molecule has 1 rings (SSSR count). The summed E-state index contributed by atoms with van der Waals surface area (Å²) in [4.78, 5) is 13.0. The predicted octanol–water partition coefficient (Wildman–Crippen LogP) is 0.505. The van der Waals surface area contributed by atoms with Gasteiger partial charge in [0.25, 0.3) is 0 Å². The van der Waals surface area contributed by atoms with Crippen LogP contribution >= 0.6 is 0 Å². The number of carboxylic acids is 1. The topological polar surface area (TPSA) is 84.4 Å². The molecule has 0 amide bonds. The van der Waals surface area contributed by atoms with E-state index in [9.17, 15) is 4.79 Å². The van der Waals surface area contributed by atoms with Crippen LogP contribution in [0.25, 0.3) is 0 Å². The fourth-order valence-electron chi connectivity index (χ4n) is 1.50. The van der Waals surface area contributed by atoms with Crippen molar-refractivity contribution in [3.63, 3.8) is 0 Å². The van der Waals surface area contributed by atoms with Crippen molar-refractivity contribution in [3.8, 4) is 0 Å². The van der Waals surface area contributed by atoms with Gasteiger partial charge in [-0.1, -0.05) is 13.8 Å². The van der Waals surface area contributed by atoms with Gasteiger partial charge >= 0.3 is 5.97 Å². The lowest BCUT2D eigenvalue weighted by atomic mass is 10.4. The van der Waals surface area contributed by atoms with Gasteiger partial charge in [-0.2, -0.15) is 5.10 Å². The highest BCUT2D eigenvalue weighted by atomic mass is 16.4. The second-order valence-corrected chi connectivity index (χ2v) is 3.53. The Balaban J connectivity index is 2.61. The second kappa shape index (κ2) is 5.50. The minimum atomic E-state index is -1.08. The number of nitrogen functional groups attached to an aromatic ring is 1. The maximum absolute atomic E-state index is 10.7. The zero-order valence-corrected chi connectivity index (χ0v) is 9.68. The van der Waals surface area contributed by atoms with E-state index in [0.29, 0.717) is 6.54 Å². The van der Waals surface area contributed by atoms with E-state index >= 15 is 0 Å². The van der Waals surface area contributed by atoms with Crippen LogP contribution in [0.5, 0.6) is 0 Å². The number of nitrogens with zero attached hydrogens (tertiary/aromatic N) is 3. The Morgan fingerprint density at radius 2 is 2.19 bits per heavy atom. The third-order valence-corrected chi connectivity index (χ3v) is 2.53. The average molecular weight is 226 g/mol. The van der Waals surface area contributed by atoms with Crippen molar-refractivity contribution in [1.29, 1.82) is 0 Å². The van der Waals surface area contributed by atoms with Gasteiger partial charge in [-0.3, -0.25) is 4.68 Å². The standard InChI is InChI=1S/C10H18N4O2/c1-3-13(4-2)5-6-14-7-8(11)9(12-14)10(15)16/h7H,3-6,11H2,1-2H3,(H,15,16). The summed E-state index contributed by atoms with van der Waals surface area (Å²) < 4.78 is 1.58. The Labute approximate surface area is 94.6 Å². The summed E-state index contributed by atoms with van der Waals surface area (Å²) in [6, 6.07) is 0. The van der Waals surface area contributed by atoms with Crippen LogP contribution in [0.2, 0.25) is 0 Å². The van der Waals surface area contributed by atoms with Gasteiger partial charge in [0.1, 0.15) is 0 Å². The number of anilines is 1.